The van der Waals surface area contributed by atoms with Crippen LogP contribution in [0.5, 0.6) is 0 Å². The van der Waals surface area contributed by atoms with Crippen LogP contribution in [0, 0.1) is 0 Å². The van der Waals surface area contributed by atoms with Gasteiger partial charge in [-0.1, -0.05) is 24.6 Å². The van der Waals surface area contributed by atoms with Crippen LogP contribution in [0.15, 0.2) is 40.8 Å². The lowest BCUT2D eigenvalue weighted by Crippen LogP contribution is -2.10. The molecule has 1 aromatic carbocycles. The van der Waals surface area contributed by atoms with Gasteiger partial charge in [0.25, 0.3) is 5.91 Å². The highest BCUT2D eigenvalue weighted by atomic mass is 35.5. The van der Waals surface area contributed by atoms with Gasteiger partial charge in [-0.3, -0.25) is 4.79 Å². The Bertz CT molecular complexity index is 534. The molecule has 1 heterocycles. The number of furan rings is 1. The third-order valence-electron chi connectivity index (χ3n) is 2.32. The zero-order valence-electron chi connectivity index (χ0n) is 9.37. The predicted molar refractivity (Wildman–Crippen MR) is 67.5 cm³/mol. The first-order valence-electron chi connectivity index (χ1n) is 5.34. The van der Waals surface area contributed by atoms with Crippen LogP contribution in [0.25, 0.3) is 0 Å². The van der Waals surface area contributed by atoms with E-state index in [1.165, 1.54) is 0 Å². The standard InChI is InChI=1S/C13H12ClNO2/c1-2-11-6-7-12(17-11)13(16)15-10-5-3-4-9(14)8-10/h3-8H,2H2,1H3,(H,15,16). The maximum atomic E-state index is 11.8. The zero-order chi connectivity index (χ0) is 12.3. The second kappa shape index (κ2) is 5.06. The number of hydrogen-bond donors (Lipinski definition) is 1. The fraction of sp³-hybridized carbons (Fsp3) is 0.154. The van der Waals surface area contributed by atoms with E-state index in [9.17, 15) is 4.79 Å². The van der Waals surface area contributed by atoms with Crippen molar-refractivity contribution in [2.24, 2.45) is 0 Å². The first-order chi connectivity index (χ1) is 8.19. The van der Waals surface area contributed by atoms with Crippen molar-refractivity contribution in [1.29, 1.82) is 0 Å². The monoisotopic (exact) mass is 249 g/mol. The van der Waals surface area contributed by atoms with Gasteiger partial charge in [-0.2, -0.15) is 0 Å². The molecule has 3 nitrogen and oxygen atoms in total. The molecule has 0 aliphatic heterocycles. The maximum Gasteiger partial charge on any atom is 0.291 e. The lowest BCUT2D eigenvalue weighted by atomic mass is 10.3. The summed E-state index contributed by atoms with van der Waals surface area (Å²) >= 11 is 5.83. The molecule has 0 unspecified atom stereocenters. The van der Waals surface area contributed by atoms with Gasteiger partial charge in [-0.25, -0.2) is 0 Å². The Labute approximate surface area is 104 Å². The molecule has 0 aliphatic carbocycles. The number of amides is 1. The van der Waals surface area contributed by atoms with E-state index in [2.05, 4.69) is 5.32 Å². The topological polar surface area (TPSA) is 42.2 Å². The van der Waals surface area contributed by atoms with Crippen molar-refractivity contribution in [2.45, 2.75) is 13.3 Å². The summed E-state index contributed by atoms with van der Waals surface area (Å²) in [6, 6.07) is 10.4. The highest BCUT2D eigenvalue weighted by Crippen LogP contribution is 2.16. The summed E-state index contributed by atoms with van der Waals surface area (Å²) in [5.74, 6) is 0.829. The molecule has 1 N–H and O–H groups in total. The summed E-state index contributed by atoms with van der Waals surface area (Å²) in [6.07, 6.45) is 0.768. The molecule has 1 aromatic heterocycles. The molecular weight excluding hydrogens is 238 g/mol. The quantitative estimate of drug-likeness (QED) is 0.900. The van der Waals surface area contributed by atoms with Crippen molar-refractivity contribution < 1.29 is 9.21 Å². The van der Waals surface area contributed by atoms with E-state index < -0.39 is 0 Å². The molecule has 2 rings (SSSR count). The molecule has 0 saturated heterocycles. The fourth-order valence-electron chi connectivity index (χ4n) is 1.45. The van der Waals surface area contributed by atoms with E-state index >= 15 is 0 Å². The van der Waals surface area contributed by atoms with Crippen LogP contribution in [0.1, 0.15) is 23.2 Å². The van der Waals surface area contributed by atoms with E-state index in [0.29, 0.717) is 16.5 Å². The molecule has 0 atom stereocenters. The van der Waals surface area contributed by atoms with E-state index in [4.69, 9.17) is 16.0 Å². The minimum Gasteiger partial charge on any atom is -0.456 e. The van der Waals surface area contributed by atoms with Gasteiger partial charge in [0, 0.05) is 17.1 Å². The summed E-state index contributed by atoms with van der Waals surface area (Å²) in [5, 5.41) is 3.30. The average Bonchev–Trinajstić information content (AvgIpc) is 2.77. The Balaban J connectivity index is 2.11. The molecule has 0 fully saturated rings. The Morgan fingerprint density at radius 1 is 1.35 bits per heavy atom. The molecule has 0 aliphatic rings. The minimum absolute atomic E-state index is 0.271. The highest BCUT2D eigenvalue weighted by molar-refractivity contribution is 6.30. The van der Waals surface area contributed by atoms with Gasteiger partial charge in [0.05, 0.1) is 0 Å². The fourth-order valence-corrected chi connectivity index (χ4v) is 1.64. The van der Waals surface area contributed by atoms with Gasteiger partial charge < -0.3 is 9.73 Å². The summed E-state index contributed by atoms with van der Waals surface area (Å²) in [6.45, 7) is 1.97. The molecular formula is C13H12ClNO2. The van der Waals surface area contributed by atoms with E-state index in [-0.39, 0.29) is 5.91 Å². The van der Waals surface area contributed by atoms with Crippen molar-refractivity contribution in [3.05, 3.63) is 52.9 Å². The van der Waals surface area contributed by atoms with Gasteiger partial charge in [0.2, 0.25) is 0 Å². The Kier molecular flexibility index (Phi) is 3.49. The Morgan fingerprint density at radius 3 is 2.82 bits per heavy atom. The molecule has 0 spiro atoms. The van der Waals surface area contributed by atoms with Crippen LogP contribution in [0.2, 0.25) is 5.02 Å². The normalized spacial score (nSPS) is 10.2. The first kappa shape index (κ1) is 11.7. The lowest BCUT2D eigenvalue weighted by Gasteiger charge is -2.03. The van der Waals surface area contributed by atoms with Crippen LogP contribution in [-0.4, -0.2) is 5.91 Å². The number of anilines is 1. The van der Waals surface area contributed by atoms with Crippen molar-refractivity contribution >= 4 is 23.2 Å². The molecule has 17 heavy (non-hydrogen) atoms. The van der Waals surface area contributed by atoms with Crippen LogP contribution >= 0.6 is 11.6 Å². The number of rotatable bonds is 3. The van der Waals surface area contributed by atoms with Gasteiger partial charge in [-0.05, 0) is 30.3 Å². The summed E-state index contributed by atoms with van der Waals surface area (Å²) in [5.41, 5.74) is 0.650. The minimum atomic E-state index is -0.271. The van der Waals surface area contributed by atoms with Gasteiger partial charge in [0.1, 0.15) is 5.76 Å². The van der Waals surface area contributed by atoms with Gasteiger partial charge in [-0.15, -0.1) is 0 Å². The molecule has 2 aromatic rings. The number of aryl methyl sites for hydroxylation is 1. The van der Waals surface area contributed by atoms with E-state index in [1.54, 1.807) is 36.4 Å². The molecule has 4 heteroatoms. The SMILES string of the molecule is CCc1ccc(C(=O)Nc2cccc(Cl)c2)o1. The van der Waals surface area contributed by atoms with Crippen molar-refractivity contribution in [3.8, 4) is 0 Å². The Hall–Kier alpha value is -1.74. The van der Waals surface area contributed by atoms with Crippen molar-refractivity contribution in [3.63, 3.8) is 0 Å². The number of carbonyl (C=O) groups excluding carboxylic acids is 1. The Morgan fingerprint density at radius 2 is 2.18 bits per heavy atom. The van der Waals surface area contributed by atoms with Crippen LogP contribution in [0.3, 0.4) is 0 Å². The van der Waals surface area contributed by atoms with E-state index in [1.807, 2.05) is 6.92 Å². The second-order valence-corrected chi connectivity index (χ2v) is 4.02. The van der Waals surface area contributed by atoms with Crippen molar-refractivity contribution in [2.75, 3.05) is 5.32 Å². The number of benzene rings is 1. The largest absolute Gasteiger partial charge is 0.456 e. The third kappa shape index (κ3) is 2.88. The molecule has 0 saturated carbocycles. The third-order valence-corrected chi connectivity index (χ3v) is 2.55. The smallest absolute Gasteiger partial charge is 0.291 e. The number of carbonyl (C=O) groups is 1. The number of nitrogens with one attached hydrogen (secondary N) is 1. The molecule has 0 radical (unpaired) electrons. The lowest BCUT2D eigenvalue weighted by molar-refractivity contribution is 0.0995. The molecule has 1 amide bonds. The van der Waals surface area contributed by atoms with Gasteiger partial charge >= 0.3 is 0 Å². The summed E-state index contributed by atoms with van der Waals surface area (Å²) in [7, 11) is 0. The summed E-state index contributed by atoms with van der Waals surface area (Å²) in [4.78, 5) is 11.8. The second-order valence-electron chi connectivity index (χ2n) is 3.58. The highest BCUT2D eigenvalue weighted by Gasteiger charge is 2.10. The average molecular weight is 250 g/mol. The van der Waals surface area contributed by atoms with Crippen LogP contribution < -0.4 is 5.32 Å². The van der Waals surface area contributed by atoms with Gasteiger partial charge in [0.15, 0.2) is 5.76 Å². The van der Waals surface area contributed by atoms with E-state index in [0.717, 1.165) is 12.2 Å². The first-order valence-corrected chi connectivity index (χ1v) is 5.72. The molecule has 0 bridgehead atoms. The number of halogens is 1. The summed E-state index contributed by atoms with van der Waals surface area (Å²) < 4.78 is 5.35. The predicted octanol–water partition coefficient (Wildman–Crippen LogP) is 3.75. The zero-order valence-corrected chi connectivity index (χ0v) is 10.1. The van der Waals surface area contributed by atoms with Crippen LogP contribution in [-0.2, 0) is 6.42 Å². The number of hydrogen-bond acceptors (Lipinski definition) is 2. The van der Waals surface area contributed by atoms with Crippen molar-refractivity contribution in [1.82, 2.24) is 0 Å². The molecule has 88 valence electrons. The van der Waals surface area contributed by atoms with Crippen LogP contribution in [0.4, 0.5) is 5.69 Å². The maximum absolute atomic E-state index is 11.8.